The minimum absolute atomic E-state index is 0.323. The molecule has 2 aromatic heterocycles. The summed E-state index contributed by atoms with van der Waals surface area (Å²) in [6.07, 6.45) is 4.71. The number of aromatic nitrogens is 3. The van der Waals surface area contributed by atoms with Crippen molar-refractivity contribution in [2.24, 2.45) is 0 Å². The van der Waals surface area contributed by atoms with Crippen LogP contribution in [0.5, 0.6) is 0 Å². The van der Waals surface area contributed by atoms with Crippen LogP contribution in [0.2, 0.25) is 0 Å². The lowest BCUT2D eigenvalue weighted by atomic mass is 10.2. The summed E-state index contributed by atoms with van der Waals surface area (Å²) in [5, 5.41) is 6.42. The molecule has 1 aromatic carbocycles. The smallest absolute Gasteiger partial charge is 0.261 e. The Morgan fingerprint density at radius 2 is 1.86 bits per heavy atom. The van der Waals surface area contributed by atoms with E-state index < -0.39 is 23.1 Å². The molecule has 110 valence electrons. The standard InChI is InChI=1S/C15H10F2N4O/c16-11-3-1-4-12(17)14(11)15(22)20-10-5-6-13(18-9-10)21-8-2-7-19-21/h1-9H,(H,20,22). The highest BCUT2D eigenvalue weighted by Crippen LogP contribution is 2.15. The Morgan fingerprint density at radius 3 is 2.45 bits per heavy atom. The fourth-order valence-electron chi connectivity index (χ4n) is 1.91. The number of carbonyl (C=O) groups is 1. The number of hydrogen-bond acceptors (Lipinski definition) is 3. The van der Waals surface area contributed by atoms with Crippen LogP contribution in [0.25, 0.3) is 5.82 Å². The van der Waals surface area contributed by atoms with Crippen LogP contribution in [-0.4, -0.2) is 20.7 Å². The maximum absolute atomic E-state index is 13.5. The third kappa shape index (κ3) is 2.69. The first-order chi connectivity index (χ1) is 10.6. The molecule has 7 heteroatoms. The average Bonchev–Trinajstić information content (AvgIpc) is 3.02. The lowest BCUT2D eigenvalue weighted by Crippen LogP contribution is -2.16. The van der Waals surface area contributed by atoms with E-state index in [2.05, 4.69) is 15.4 Å². The molecule has 0 unspecified atom stereocenters. The molecular weight excluding hydrogens is 290 g/mol. The van der Waals surface area contributed by atoms with Crippen LogP contribution in [0.1, 0.15) is 10.4 Å². The van der Waals surface area contributed by atoms with E-state index in [1.54, 1.807) is 35.3 Å². The van der Waals surface area contributed by atoms with Crippen molar-refractivity contribution in [2.75, 3.05) is 5.32 Å². The maximum atomic E-state index is 13.5. The fourth-order valence-corrected chi connectivity index (χ4v) is 1.91. The van der Waals surface area contributed by atoms with Crippen molar-refractivity contribution in [3.8, 4) is 5.82 Å². The zero-order chi connectivity index (χ0) is 15.5. The van der Waals surface area contributed by atoms with Crippen LogP contribution in [0.3, 0.4) is 0 Å². The highest BCUT2D eigenvalue weighted by atomic mass is 19.1. The average molecular weight is 300 g/mol. The summed E-state index contributed by atoms with van der Waals surface area (Å²) in [7, 11) is 0. The van der Waals surface area contributed by atoms with Gasteiger partial charge in [-0.3, -0.25) is 4.79 Å². The molecule has 0 radical (unpaired) electrons. The van der Waals surface area contributed by atoms with Crippen LogP contribution in [0.4, 0.5) is 14.5 Å². The van der Waals surface area contributed by atoms with Crippen molar-refractivity contribution in [1.82, 2.24) is 14.8 Å². The first-order valence-electron chi connectivity index (χ1n) is 6.36. The molecule has 22 heavy (non-hydrogen) atoms. The number of rotatable bonds is 3. The van der Waals surface area contributed by atoms with E-state index in [0.717, 1.165) is 12.1 Å². The zero-order valence-corrected chi connectivity index (χ0v) is 11.2. The Morgan fingerprint density at radius 1 is 1.09 bits per heavy atom. The van der Waals surface area contributed by atoms with Gasteiger partial charge in [0.05, 0.1) is 11.9 Å². The molecule has 0 saturated carbocycles. The molecule has 0 spiro atoms. The Labute approximate surface area is 124 Å². The Kier molecular flexibility index (Phi) is 3.61. The third-order valence-electron chi connectivity index (χ3n) is 2.93. The molecule has 0 aliphatic carbocycles. The monoisotopic (exact) mass is 300 g/mol. The summed E-state index contributed by atoms with van der Waals surface area (Å²) in [5.74, 6) is -2.15. The van der Waals surface area contributed by atoms with Gasteiger partial charge in [0.25, 0.3) is 5.91 Å². The van der Waals surface area contributed by atoms with Crippen molar-refractivity contribution < 1.29 is 13.6 Å². The molecule has 5 nitrogen and oxygen atoms in total. The second-order valence-electron chi connectivity index (χ2n) is 4.41. The lowest BCUT2D eigenvalue weighted by Gasteiger charge is -2.07. The van der Waals surface area contributed by atoms with Crippen LogP contribution in [-0.2, 0) is 0 Å². The Hall–Kier alpha value is -3.09. The van der Waals surface area contributed by atoms with Gasteiger partial charge in [-0.15, -0.1) is 0 Å². The minimum Gasteiger partial charge on any atom is -0.320 e. The number of nitrogens with zero attached hydrogens (tertiary/aromatic N) is 3. The van der Waals surface area contributed by atoms with E-state index in [-0.39, 0.29) is 0 Å². The molecule has 1 amide bonds. The SMILES string of the molecule is O=C(Nc1ccc(-n2cccn2)nc1)c1c(F)cccc1F. The Bertz CT molecular complexity index is 781. The van der Waals surface area contributed by atoms with Gasteiger partial charge in [0, 0.05) is 12.4 Å². The second-order valence-corrected chi connectivity index (χ2v) is 4.41. The maximum Gasteiger partial charge on any atom is 0.261 e. The summed E-state index contributed by atoms with van der Waals surface area (Å²) in [4.78, 5) is 16.0. The predicted molar refractivity (Wildman–Crippen MR) is 75.7 cm³/mol. The zero-order valence-electron chi connectivity index (χ0n) is 11.2. The second kappa shape index (κ2) is 5.72. The van der Waals surface area contributed by atoms with Gasteiger partial charge in [0.2, 0.25) is 0 Å². The summed E-state index contributed by atoms with van der Waals surface area (Å²) < 4.78 is 28.6. The highest BCUT2D eigenvalue weighted by molar-refractivity contribution is 6.04. The summed E-state index contributed by atoms with van der Waals surface area (Å²) in [6.45, 7) is 0. The fraction of sp³-hybridized carbons (Fsp3) is 0. The summed E-state index contributed by atoms with van der Waals surface area (Å²) in [6, 6.07) is 8.19. The van der Waals surface area contributed by atoms with Crippen LogP contribution < -0.4 is 5.32 Å². The molecule has 0 aliphatic heterocycles. The highest BCUT2D eigenvalue weighted by Gasteiger charge is 2.17. The minimum atomic E-state index is -0.918. The van der Waals surface area contributed by atoms with E-state index in [4.69, 9.17) is 0 Å². The number of carbonyl (C=O) groups excluding carboxylic acids is 1. The molecule has 2 heterocycles. The van der Waals surface area contributed by atoms with Crippen molar-refractivity contribution in [3.05, 3.63) is 72.2 Å². The van der Waals surface area contributed by atoms with Crippen LogP contribution >= 0.6 is 0 Å². The van der Waals surface area contributed by atoms with Gasteiger partial charge in [0.15, 0.2) is 5.82 Å². The van der Waals surface area contributed by atoms with Crippen molar-refractivity contribution in [1.29, 1.82) is 0 Å². The van der Waals surface area contributed by atoms with Crippen LogP contribution in [0, 0.1) is 11.6 Å². The quantitative estimate of drug-likeness (QED) is 0.809. The predicted octanol–water partition coefficient (Wildman–Crippen LogP) is 2.80. The molecule has 0 atom stereocenters. The molecule has 1 N–H and O–H groups in total. The Balaban J connectivity index is 1.80. The lowest BCUT2D eigenvalue weighted by molar-refractivity contribution is 0.101. The van der Waals surface area contributed by atoms with E-state index >= 15 is 0 Å². The third-order valence-corrected chi connectivity index (χ3v) is 2.93. The van der Waals surface area contributed by atoms with Gasteiger partial charge in [-0.05, 0) is 30.3 Å². The van der Waals surface area contributed by atoms with Gasteiger partial charge in [-0.2, -0.15) is 5.10 Å². The molecule has 3 rings (SSSR count). The number of benzene rings is 1. The summed E-state index contributed by atoms with van der Waals surface area (Å²) in [5.41, 5.74) is -0.304. The van der Waals surface area contributed by atoms with Gasteiger partial charge in [-0.1, -0.05) is 6.07 Å². The molecule has 0 saturated heterocycles. The molecular formula is C15H10F2N4O. The van der Waals surface area contributed by atoms with Crippen molar-refractivity contribution in [2.45, 2.75) is 0 Å². The number of nitrogens with one attached hydrogen (secondary N) is 1. The molecule has 0 fully saturated rings. The number of hydrogen-bond donors (Lipinski definition) is 1. The first-order valence-corrected chi connectivity index (χ1v) is 6.36. The van der Waals surface area contributed by atoms with Gasteiger partial charge in [0.1, 0.15) is 17.2 Å². The van der Waals surface area contributed by atoms with Crippen molar-refractivity contribution in [3.63, 3.8) is 0 Å². The van der Waals surface area contributed by atoms with E-state index in [0.29, 0.717) is 11.5 Å². The van der Waals surface area contributed by atoms with Gasteiger partial charge in [-0.25, -0.2) is 18.4 Å². The molecule has 0 aliphatic rings. The van der Waals surface area contributed by atoms with Crippen LogP contribution in [0.15, 0.2) is 55.0 Å². The number of halogens is 2. The van der Waals surface area contributed by atoms with Gasteiger partial charge < -0.3 is 5.32 Å². The normalized spacial score (nSPS) is 10.5. The topological polar surface area (TPSA) is 59.8 Å². The first kappa shape index (κ1) is 13.9. The largest absolute Gasteiger partial charge is 0.320 e. The number of amides is 1. The summed E-state index contributed by atoms with van der Waals surface area (Å²) >= 11 is 0. The van der Waals surface area contributed by atoms with Crippen molar-refractivity contribution >= 4 is 11.6 Å². The van der Waals surface area contributed by atoms with E-state index in [1.807, 2.05) is 0 Å². The van der Waals surface area contributed by atoms with Gasteiger partial charge >= 0.3 is 0 Å². The van der Waals surface area contributed by atoms with E-state index in [9.17, 15) is 13.6 Å². The molecule has 3 aromatic rings. The molecule has 0 bridgehead atoms. The number of anilines is 1. The number of pyridine rings is 1. The van der Waals surface area contributed by atoms with E-state index in [1.165, 1.54) is 12.3 Å².